The van der Waals surface area contributed by atoms with Gasteiger partial charge in [-0.25, -0.2) is 17.5 Å². The van der Waals surface area contributed by atoms with Crippen LogP contribution in [-0.4, -0.2) is 49.0 Å². The first-order chi connectivity index (χ1) is 8.91. The maximum absolute atomic E-state index is 12.1. The summed E-state index contributed by atoms with van der Waals surface area (Å²) in [6.45, 7) is 0.589. The highest BCUT2D eigenvalue weighted by Crippen LogP contribution is 2.33. The molecule has 1 aliphatic carbocycles. The van der Waals surface area contributed by atoms with Crippen molar-refractivity contribution >= 4 is 22.0 Å². The molecule has 0 radical (unpaired) electrons. The molecule has 7 nitrogen and oxygen atoms in total. The summed E-state index contributed by atoms with van der Waals surface area (Å²) < 4.78 is 25.7. The Labute approximate surface area is 111 Å². The summed E-state index contributed by atoms with van der Waals surface area (Å²) in [5.74, 6) is 0.200. The number of amides is 3. The summed E-state index contributed by atoms with van der Waals surface area (Å²) in [6, 6.07) is -0.487. The number of nitrogens with zero attached hydrogens (tertiary/aromatic N) is 1. The average molecular weight is 287 g/mol. The molecular weight excluding hydrogens is 270 g/mol. The second-order valence-electron chi connectivity index (χ2n) is 5.61. The van der Waals surface area contributed by atoms with Gasteiger partial charge in [-0.2, -0.15) is 0 Å². The fourth-order valence-corrected chi connectivity index (χ4v) is 4.59. The van der Waals surface area contributed by atoms with E-state index in [-0.39, 0.29) is 11.7 Å². The van der Waals surface area contributed by atoms with E-state index >= 15 is 0 Å². The second kappa shape index (κ2) is 4.17. The van der Waals surface area contributed by atoms with E-state index in [1.807, 2.05) is 0 Å². The standard InChI is InChI=1S/C11H17N3O4S/c15-9-11(13-10(16)12-9)3-5-14(6-4-11)19(17,18)7-8-1-2-8/h8H,1-7H2,(H2,12,13,15,16). The van der Waals surface area contributed by atoms with Gasteiger partial charge in [-0.3, -0.25) is 10.1 Å². The number of carbonyl (C=O) groups excluding carboxylic acids is 2. The summed E-state index contributed by atoms with van der Waals surface area (Å²) in [7, 11) is -3.21. The third-order valence-electron chi connectivity index (χ3n) is 4.13. The van der Waals surface area contributed by atoms with Gasteiger partial charge < -0.3 is 5.32 Å². The first-order valence-electron chi connectivity index (χ1n) is 6.53. The number of hydrogen-bond acceptors (Lipinski definition) is 4. The summed E-state index contributed by atoms with van der Waals surface area (Å²) in [4.78, 5) is 22.9. The Balaban J connectivity index is 1.66. The van der Waals surface area contributed by atoms with Crippen molar-refractivity contribution in [2.45, 2.75) is 31.2 Å². The van der Waals surface area contributed by atoms with Crippen molar-refractivity contribution in [3.8, 4) is 0 Å². The predicted octanol–water partition coefficient (Wildman–Crippen LogP) is -0.600. The monoisotopic (exact) mass is 287 g/mol. The van der Waals surface area contributed by atoms with Crippen LogP contribution in [0.5, 0.6) is 0 Å². The van der Waals surface area contributed by atoms with E-state index in [1.54, 1.807) is 0 Å². The van der Waals surface area contributed by atoms with Gasteiger partial charge in [-0.15, -0.1) is 0 Å². The maximum atomic E-state index is 12.1. The van der Waals surface area contributed by atoms with Crippen molar-refractivity contribution in [1.29, 1.82) is 0 Å². The topological polar surface area (TPSA) is 95.6 Å². The molecule has 1 saturated carbocycles. The van der Waals surface area contributed by atoms with Gasteiger partial charge in [0.2, 0.25) is 10.0 Å². The maximum Gasteiger partial charge on any atom is 0.322 e. The lowest BCUT2D eigenvalue weighted by Gasteiger charge is -2.36. The van der Waals surface area contributed by atoms with Crippen LogP contribution >= 0.6 is 0 Å². The molecule has 19 heavy (non-hydrogen) atoms. The van der Waals surface area contributed by atoms with E-state index in [2.05, 4.69) is 10.6 Å². The first kappa shape index (κ1) is 12.9. The van der Waals surface area contributed by atoms with Crippen LogP contribution in [0.3, 0.4) is 0 Å². The van der Waals surface area contributed by atoms with E-state index in [0.717, 1.165) is 12.8 Å². The van der Waals surface area contributed by atoms with Gasteiger partial charge in [0.25, 0.3) is 5.91 Å². The number of urea groups is 1. The molecule has 106 valence electrons. The van der Waals surface area contributed by atoms with E-state index in [9.17, 15) is 18.0 Å². The molecule has 3 rings (SSSR count). The fourth-order valence-electron chi connectivity index (χ4n) is 2.71. The van der Waals surface area contributed by atoms with Crippen LogP contribution in [0.4, 0.5) is 4.79 Å². The van der Waals surface area contributed by atoms with Gasteiger partial charge in [0.15, 0.2) is 0 Å². The van der Waals surface area contributed by atoms with Crippen LogP contribution in [0.25, 0.3) is 0 Å². The molecule has 2 N–H and O–H groups in total. The molecule has 0 bridgehead atoms. The quantitative estimate of drug-likeness (QED) is 0.678. The third kappa shape index (κ3) is 2.34. The molecule has 2 heterocycles. The Hall–Kier alpha value is -1.15. The van der Waals surface area contributed by atoms with Gasteiger partial charge in [-0.1, -0.05) is 0 Å². The van der Waals surface area contributed by atoms with Crippen LogP contribution in [0.2, 0.25) is 0 Å². The van der Waals surface area contributed by atoms with Crippen molar-refractivity contribution in [2.24, 2.45) is 5.92 Å². The van der Waals surface area contributed by atoms with Gasteiger partial charge >= 0.3 is 6.03 Å². The van der Waals surface area contributed by atoms with Crippen LogP contribution in [0, 0.1) is 5.92 Å². The molecule has 0 aromatic heterocycles. The van der Waals surface area contributed by atoms with E-state index in [1.165, 1.54) is 4.31 Å². The molecule has 0 unspecified atom stereocenters. The van der Waals surface area contributed by atoms with E-state index in [0.29, 0.717) is 31.8 Å². The minimum Gasteiger partial charge on any atom is -0.323 e. The molecule has 2 saturated heterocycles. The van der Waals surface area contributed by atoms with Crippen molar-refractivity contribution < 1.29 is 18.0 Å². The normalized spacial score (nSPS) is 27.4. The van der Waals surface area contributed by atoms with Crippen molar-refractivity contribution in [3.63, 3.8) is 0 Å². The van der Waals surface area contributed by atoms with Crippen molar-refractivity contribution in [3.05, 3.63) is 0 Å². The Bertz CT molecular complexity index is 518. The molecule has 3 aliphatic rings. The zero-order chi connectivity index (χ0) is 13.7. The Morgan fingerprint density at radius 1 is 1.21 bits per heavy atom. The van der Waals surface area contributed by atoms with Gasteiger partial charge in [0, 0.05) is 13.1 Å². The van der Waals surface area contributed by atoms with Crippen molar-refractivity contribution in [2.75, 3.05) is 18.8 Å². The van der Waals surface area contributed by atoms with E-state index in [4.69, 9.17) is 0 Å². The van der Waals surface area contributed by atoms with Gasteiger partial charge in [0.05, 0.1) is 5.75 Å². The summed E-state index contributed by atoms with van der Waals surface area (Å²) >= 11 is 0. The number of sulfonamides is 1. The molecule has 3 fully saturated rings. The summed E-state index contributed by atoms with van der Waals surface area (Å²) in [5, 5.41) is 4.84. The molecule has 8 heteroatoms. The lowest BCUT2D eigenvalue weighted by Crippen LogP contribution is -2.56. The second-order valence-corrected chi connectivity index (χ2v) is 7.62. The zero-order valence-corrected chi connectivity index (χ0v) is 11.3. The lowest BCUT2D eigenvalue weighted by atomic mass is 9.89. The Morgan fingerprint density at radius 3 is 2.32 bits per heavy atom. The summed E-state index contributed by atoms with van der Waals surface area (Å²) in [5.41, 5.74) is -0.900. The highest BCUT2D eigenvalue weighted by molar-refractivity contribution is 7.89. The Kier molecular flexibility index (Phi) is 2.82. The number of nitrogens with one attached hydrogen (secondary N) is 2. The largest absolute Gasteiger partial charge is 0.323 e. The lowest BCUT2D eigenvalue weighted by molar-refractivity contribution is -0.125. The smallest absolute Gasteiger partial charge is 0.322 e. The molecule has 0 atom stereocenters. The number of imide groups is 1. The molecular formula is C11H17N3O4S. The highest BCUT2D eigenvalue weighted by Gasteiger charge is 2.49. The average Bonchev–Trinajstić information content (AvgIpc) is 3.07. The summed E-state index contributed by atoms with van der Waals surface area (Å²) in [6.07, 6.45) is 2.67. The third-order valence-corrected chi connectivity index (χ3v) is 6.17. The number of hydrogen-bond donors (Lipinski definition) is 2. The number of piperidine rings is 1. The van der Waals surface area contributed by atoms with E-state index < -0.39 is 21.6 Å². The first-order valence-corrected chi connectivity index (χ1v) is 8.14. The van der Waals surface area contributed by atoms with Crippen molar-refractivity contribution in [1.82, 2.24) is 14.9 Å². The highest BCUT2D eigenvalue weighted by atomic mass is 32.2. The SMILES string of the molecule is O=C1NC(=O)C2(CCN(S(=O)(=O)CC3CC3)CC2)N1. The fraction of sp³-hybridized carbons (Fsp3) is 0.818. The van der Waals surface area contributed by atoms with Crippen LogP contribution < -0.4 is 10.6 Å². The van der Waals surface area contributed by atoms with Crippen LogP contribution in [0.1, 0.15) is 25.7 Å². The van der Waals surface area contributed by atoms with Crippen LogP contribution in [-0.2, 0) is 14.8 Å². The minimum atomic E-state index is -3.21. The molecule has 2 aliphatic heterocycles. The zero-order valence-electron chi connectivity index (χ0n) is 10.5. The number of rotatable bonds is 3. The minimum absolute atomic E-state index is 0.221. The molecule has 0 aromatic carbocycles. The van der Waals surface area contributed by atoms with Crippen LogP contribution in [0.15, 0.2) is 0 Å². The molecule has 3 amide bonds. The van der Waals surface area contributed by atoms with Gasteiger partial charge in [-0.05, 0) is 31.6 Å². The predicted molar refractivity (Wildman–Crippen MR) is 66.7 cm³/mol. The Morgan fingerprint density at radius 2 is 1.84 bits per heavy atom. The number of carbonyl (C=O) groups is 2. The van der Waals surface area contributed by atoms with Gasteiger partial charge in [0.1, 0.15) is 5.54 Å². The molecule has 1 spiro atoms. The molecule has 0 aromatic rings.